The third kappa shape index (κ3) is 24.3. The number of rotatable bonds is 22. The van der Waals surface area contributed by atoms with Crippen molar-refractivity contribution in [2.24, 2.45) is 0 Å². The molecule has 0 bridgehead atoms. The average Bonchev–Trinajstić information content (AvgIpc) is 2.67. The van der Waals surface area contributed by atoms with E-state index in [1.807, 2.05) is 0 Å². The Morgan fingerprint density at radius 1 is 0.793 bits per heavy atom. The molecule has 7 heteroatoms. The van der Waals surface area contributed by atoms with E-state index in [9.17, 15) is 0 Å². The quantitative estimate of drug-likeness (QED) is 0.114. The fourth-order valence-corrected chi connectivity index (χ4v) is 3.65. The molecule has 174 valence electrons. The highest BCUT2D eigenvalue weighted by Crippen LogP contribution is 2.36. The number of ether oxygens (including phenoxy) is 2. The lowest BCUT2D eigenvalue weighted by Gasteiger charge is -2.18. The Balaban J connectivity index is 3.41. The molecule has 0 aromatic heterocycles. The molecule has 0 spiro atoms. The highest BCUT2D eigenvalue weighted by molar-refractivity contribution is 8.06. The third-order valence-electron chi connectivity index (χ3n) is 4.79. The lowest BCUT2D eigenvalue weighted by Crippen LogP contribution is -2.25. The zero-order valence-corrected chi connectivity index (χ0v) is 20.4. The highest BCUT2D eigenvalue weighted by atomic mass is 32.5. The van der Waals surface area contributed by atoms with Gasteiger partial charge < -0.3 is 23.8 Å². The summed E-state index contributed by atoms with van der Waals surface area (Å²) < 4.78 is 15.6. The lowest BCUT2D eigenvalue weighted by atomic mass is 10.1. The molecule has 0 saturated heterocycles. The van der Waals surface area contributed by atoms with E-state index in [0.717, 1.165) is 12.8 Å². The van der Waals surface area contributed by atoms with Gasteiger partial charge in [0.25, 0.3) is 0 Å². The van der Waals surface area contributed by atoms with Crippen LogP contribution >= 0.6 is 6.72 Å². The largest absolute Gasteiger partial charge is 0.382 e. The van der Waals surface area contributed by atoms with Crippen LogP contribution in [0, 0.1) is 0 Å². The topological polar surface area (TPSA) is 68.2 Å². The van der Waals surface area contributed by atoms with Gasteiger partial charge in [-0.3, -0.25) is 0 Å². The van der Waals surface area contributed by atoms with Crippen LogP contribution in [0.25, 0.3) is 0 Å². The molecular weight excluding hydrogens is 407 g/mol. The van der Waals surface area contributed by atoms with Crippen molar-refractivity contribution in [3.8, 4) is 0 Å². The molecule has 0 aromatic rings. The summed E-state index contributed by atoms with van der Waals surface area (Å²) >= 11 is 4.44. The van der Waals surface area contributed by atoms with Crippen molar-refractivity contribution in [1.29, 1.82) is 0 Å². The van der Waals surface area contributed by atoms with E-state index in [4.69, 9.17) is 23.8 Å². The zero-order chi connectivity index (χ0) is 21.6. The van der Waals surface area contributed by atoms with Gasteiger partial charge in [0.1, 0.15) is 6.10 Å². The summed E-state index contributed by atoms with van der Waals surface area (Å²) in [6, 6.07) is 0. The minimum atomic E-state index is -3.63. The van der Waals surface area contributed by atoms with E-state index >= 15 is 0 Å². The van der Waals surface area contributed by atoms with Gasteiger partial charge in [-0.15, -0.1) is 0 Å². The van der Waals surface area contributed by atoms with Crippen molar-refractivity contribution in [1.82, 2.24) is 0 Å². The molecule has 1 atom stereocenters. The molecule has 0 aliphatic heterocycles. The summed E-state index contributed by atoms with van der Waals surface area (Å²) in [7, 11) is 1.58. The lowest BCUT2D eigenvalue weighted by molar-refractivity contribution is -0.0287. The molecule has 0 aliphatic rings. The van der Waals surface area contributed by atoms with Crippen molar-refractivity contribution >= 4 is 18.5 Å². The predicted octanol–water partition coefficient (Wildman–Crippen LogP) is 6.28. The summed E-state index contributed by atoms with van der Waals surface area (Å²) in [5.74, 6) is 0. The van der Waals surface area contributed by atoms with Crippen molar-refractivity contribution in [3.63, 3.8) is 0 Å². The van der Waals surface area contributed by atoms with Crippen molar-refractivity contribution in [2.75, 3.05) is 26.9 Å². The third-order valence-corrected chi connectivity index (χ3v) is 5.59. The number of methoxy groups -OCH3 is 1. The summed E-state index contributed by atoms with van der Waals surface area (Å²) in [6.45, 7) is -0.346. The molecule has 0 fully saturated rings. The monoisotopic (exact) mass is 452 g/mol. The second kappa shape index (κ2) is 21.4. The van der Waals surface area contributed by atoms with Crippen LogP contribution < -0.4 is 0 Å². The van der Waals surface area contributed by atoms with Crippen molar-refractivity contribution in [3.05, 3.63) is 12.2 Å². The maximum atomic E-state index is 9.11. The molecule has 0 radical (unpaired) electrons. The number of hydrogen-bond acceptors (Lipinski definition) is 4. The fraction of sp³-hybridized carbons (Fsp3) is 0.909. The van der Waals surface area contributed by atoms with Gasteiger partial charge in [0.15, 0.2) is 0 Å². The predicted molar refractivity (Wildman–Crippen MR) is 126 cm³/mol. The first-order valence-corrected chi connectivity index (χ1v) is 14.1. The van der Waals surface area contributed by atoms with E-state index in [1.54, 1.807) is 7.11 Å². The van der Waals surface area contributed by atoms with Crippen LogP contribution in [0.3, 0.4) is 0 Å². The van der Waals surface area contributed by atoms with Crippen LogP contribution in [-0.4, -0.2) is 42.8 Å². The van der Waals surface area contributed by atoms with Crippen LogP contribution in [0.4, 0.5) is 0 Å². The molecule has 0 heterocycles. The van der Waals surface area contributed by atoms with Crippen LogP contribution in [0.15, 0.2) is 12.2 Å². The maximum absolute atomic E-state index is 9.11. The summed E-state index contributed by atoms with van der Waals surface area (Å²) in [6.07, 6.45) is 22.3. The Morgan fingerprint density at radius 3 is 1.83 bits per heavy atom. The Hall–Kier alpha value is 0.190. The van der Waals surface area contributed by atoms with Gasteiger partial charge in [-0.25, -0.2) is 0 Å². The van der Waals surface area contributed by atoms with E-state index in [-0.39, 0.29) is 12.7 Å². The normalized spacial score (nSPS) is 13.4. The average molecular weight is 453 g/mol. The molecule has 5 nitrogen and oxygen atoms in total. The van der Waals surface area contributed by atoms with Gasteiger partial charge >= 0.3 is 6.72 Å². The van der Waals surface area contributed by atoms with E-state index in [0.29, 0.717) is 13.2 Å². The SMILES string of the molecule is CCCCCCCC/C=C\CCCCCCCCOC(COC)COP(O)(O)=S. The standard InChI is InChI=1S/C22H45O5PS/c1-3-4-5-6-7-8-9-10-11-12-13-14-15-16-17-18-19-26-22(20-25-2)21-27-28(23,24)29/h10-11,22H,3-9,12-21H2,1-2H3,(H2,23,24,29)/b11-10-. The van der Waals surface area contributed by atoms with E-state index in [1.165, 1.54) is 77.0 Å². The molecule has 0 amide bonds. The van der Waals surface area contributed by atoms with E-state index < -0.39 is 6.72 Å². The fourth-order valence-electron chi connectivity index (χ4n) is 3.11. The van der Waals surface area contributed by atoms with Gasteiger partial charge in [-0.2, -0.15) is 0 Å². The van der Waals surface area contributed by atoms with Crippen LogP contribution in [0.1, 0.15) is 96.8 Å². The summed E-state index contributed by atoms with van der Waals surface area (Å²) in [5, 5.41) is 0. The van der Waals surface area contributed by atoms with Gasteiger partial charge in [0.2, 0.25) is 0 Å². The molecule has 0 saturated carbocycles. The van der Waals surface area contributed by atoms with E-state index in [2.05, 4.69) is 30.9 Å². The summed E-state index contributed by atoms with van der Waals surface area (Å²) in [5.41, 5.74) is 0. The maximum Gasteiger partial charge on any atom is 0.321 e. The molecule has 2 N–H and O–H groups in total. The van der Waals surface area contributed by atoms with Crippen LogP contribution in [0.5, 0.6) is 0 Å². The zero-order valence-electron chi connectivity index (χ0n) is 18.7. The summed E-state index contributed by atoms with van der Waals surface area (Å²) in [4.78, 5) is 18.2. The smallest absolute Gasteiger partial charge is 0.321 e. The Bertz CT molecular complexity index is 414. The molecule has 29 heavy (non-hydrogen) atoms. The second-order valence-electron chi connectivity index (χ2n) is 7.67. The number of allylic oxidation sites excluding steroid dienone is 2. The van der Waals surface area contributed by atoms with Crippen LogP contribution in [-0.2, 0) is 25.8 Å². The molecule has 0 rings (SSSR count). The van der Waals surface area contributed by atoms with Gasteiger partial charge in [0.05, 0.1) is 13.2 Å². The first-order chi connectivity index (χ1) is 14.0. The number of unbranched alkanes of at least 4 members (excludes halogenated alkanes) is 12. The van der Waals surface area contributed by atoms with Crippen molar-refractivity contribution < 1.29 is 23.8 Å². The van der Waals surface area contributed by atoms with Gasteiger partial charge in [-0.1, -0.05) is 76.9 Å². The minimum absolute atomic E-state index is 0.0461. The van der Waals surface area contributed by atoms with Gasteiger partial charge in [0, 0.05) is 13.7 Å². The molecular formula is C22H45O5PS. The molecule has 0 aliphatic carbocycles. The molecule has 0 aromatic carbocycles. The van der Waals surface area contributed by atoms with Gasteiger partial charge in [-0.05, 0) is 43.9 Å². The Kier molecular flexibility index (Phi) is 21.6. The van der Waals surface area contributed by atoms with Crippen LogP contribution in [0.2, 0.25) is 0 Å². The highest BCUT2D eigenvalue weighted by Gasteiger charge is 2.15. The van der Waals surface area contributed by atoms with Crippen molar-refractivity contribution in [2.45, 2.75) is 103 Å². The Morgan fingerprint density at radius 2 is 1.31 bits per heavy atom. The number of hydrogen-bond donors (Lipinski definition) is 2. The first kappa shape index (κ1) is 29.2. The Labute approximate surface area is 184 Å². The first-order valence-electron chi connectivity index (χ1n) is 11.4. The second-order valence-corrected chi connectivity index (χ2v) is 10.3. The minimum Gasteiger partial charge on any atom is -0.382 e. The molecule has 1 unspecified atom stereocenters.